The third-order valence-electron chi connectivity index (χ3n) is 6.09. The number of likely N-dealkylation sites (tertiary alicyclic amines) is 1. The van der Waals surface area contributed by atoms with Crippen LogP contribution in [0.1, 0.15) is 39.5 Å². The first-order chi connectivity index (χ1) is 16.0. The lowest BCUT2D eigenvalue weighted by Crippen LogP contribution is -2.47. The Balaban J connectivity index is 1.57. The Bertz CT molecular complexity index is 893. The Morgan fingerprint density at radius 1 is 1.24 bits per heavy atom. The van der Waals surface area contributed by atoms with Crippen LogP contribution in [0.3, 0.4) is 0 Å². The van der Waals surface area contributed by atoms with Gasteiger partial charge in [-0.1, -0.05) is 31.9 Å². The maximum atomic E-state index is 11.4. The normalized spacial score (nSPS) is 16.7. The summed E-state index contributed by atoms with van der Waals surface area (Å²) in [7, 11) is 0. The van der Waals surface area contributed by atoms with E-state index < -0.39 is 4.92 Å². The molecule has 0 bridgehead atoms. The highest BCUT2D eigenvalue weighted by Crippen LogP contribution is 2.24. The molecule has 3 rings (SSSR count). The molecule has 0 radical (unpaired) electrons. The molecule has 1 aromatic heterocycles. The van der Waals surface area contributed by atoms with Crippen LogP contribution in [-0.2, 0) is 0 Å². The predicted octanol–water partition coefficient (Wildman–Crippen LogP) is 4.78. The van der Waals surface area contributed by atoms with Gasteiger partial charge < -0.3 is 15.5 Å². The summed E-state index contributed by atoms with van der Waals surface area (Å²) in [4.78, 5) is 24.5. The average Bonchev–Trinajstić information content (AvgIpc) is 2.82. The molecule has 1 aromatic carbocycles. The first kappa shape index (κ1) is 25.1. The van der Waals surface area contributed by atoms with Gasteiger partial charge in [0, 0.05) is 36.4 Å². The van der Waals surface area contributed by atoms with Crippen molar-refractivity contribution in [3.8, 4) is 0 Å². The first-order valence-electron chi connectivity index (χ1n) is 11.7. The second-order valence-corrected chi connectivity index (χ2v) is 8.70. The quantitative estimate of drug-likeness (QED) is 0.257. The second kappa shape index (κ2) is 12.7. The molecule has 0 aliphatic carbocycles. The lowest BCUT2D eigenvalue weighted by Gasteiger charge is -2.38. The SMILES string of the molecule is CCN(CC)CC1CCCCN1CCCNc1nc(Nc2ccc(Cl)cc2)ncc1[N+](=O)[O-]. The van der Waals surface area contributed by atoms with Gasteiger partial charge in [0.15, 0.2) is 0 Å². The van der Waals surface area contributed by atoms with E-state index in [0.29, 0.717) is 23.6 Å². The molecule has 1 saturated heterocycles. The van der Waals surface area contributed by atoms with Crippen LogP contribution in [0.4, 0.5) is 23.1 Å². The van der Waals surface area contributed by atoms with Gasteiger partial charge in [0.2, 0.25) is 11.8 Å². The van der Waals surface area contributed by atoms with Gasteiger partial charge in [0.1, 0.15) is 6.20 Å². The fourth-order valence-corrected chi connectivity index (χ4v) is 4.32. The Hall–Kier alpha value is -2.49. The van der Waals surface area contributed by atoms with E-state index in [2.05, 4.69) is 44.2 Å². The zero-order valence-electron chi connectivity index (χ0n) is 19.5. The number of nitrogens with one attached hydrogen (secondary N) is 2. The maximum absolute atomic E-state index is 11.4. The van der Waals surface area contributed by atoms with Crippen molar-refractivity contribution in [1.82, 2.24) is 19.8 Å². The van der Waals surface area contributed by atoms with Crippen LogP contribution in [0.15, 0.2) is 30.5 Å². The van der Waals surface area contributed by atoms with Gasteiger partial charge in [-0.15, -0.1) is 0 Å². The number of anilines is 3. The minimum Gasteiger partial charge on any atom is -0.364 e. The molecule has 2 aromatic rings. The van der Waals surface area contributed by atoms with Crippen molar-refractivity contribution in [3.05, 3.63) is 45.6 Å². The highest BCUT2D eigenvalue weighted by Gasteiger charge is 2.23. The summed E-state index contributed by atoms with van der Waals surface area (Å²) < 4.78 is 0. The summed E-state index contributed by atoms with van der Waals surface area (Å²) in [6.45, 7) is 10.4. The molecule has 2 heterocycles. The molecule has 1 aliphatic rings. The zero-order valence-corrected chi connectivity index (χ0v) is 20.2. The van der Waals surface area contributed by atoms with Crippen LogP contribution >= 0.6 is 11.6 Å². The number of hydrogen-bond acceptors (Lipinski definition) is 8. The summed E-state index contributed by atoms with van der Waals surface area (Å²) in [5.74, 6) is 0.519. The Morgan fingerprint density at radius 3 is 2.70 bits per heavy atom. The molecule has 1 atom stereocenters. The molecule has 2 N–H and O–H groups in total. The molecular formula is C23H34ClN7O2. The molecule has 9 nitrogen and oxygen atoms in total. The van der Waals surface area contributed by atoms with Gasteiger partial charge in [-0.25, -0.2) is 4.98 Å². The van der Waals surface area contributed by atoms with Crippen molar-refractivity contribution in [2.75, 3.05) is 49.9 Å². The molecule has 180 valence electrons. The fraction of sp³-hybridized carbons (Fsp3) is 0.565. The number of nitrogens with zero attached hydrogens (tertiary/aromatic N) is 5. The molecule has 0 spiro atoms. The fourth-order valence-electron chi connectivity index (χ4n) is 4.19. The number of piperidine rings is 1. The molecular weight excluding hydrogens is 442 g/mol. The number of benzene rings is 1. The van der Waals surface area contributed by atoms with Crippen LogP contribution < -0.4 is 10.6 Å². The van der Waals surface area contributed by atoms with Gasteiger partial charge in [-0.3, -0.25) is 15.0 Å². The molecule has 33 heavy (non-hydrogen) atoms. The van der Waals surface area contributed by atoms with Gasteiger partial charge >= 0.3 is 5.69 Å². The zero-order chi connectivity index (χ0) is 23.6. The molecule has 1 aliphatic heterocycles. The summed E-state index contributed by atoms with van der Waals surface area (Å²) in [6, 6.07) is 7.69. The van der Waals surface area contributed by atoms with E-state index in [0.717, 1.165) is 44.8 Å². The standard InChI is InChI=1S/C23H34ClN7O2/c1-3-29(4-2)17-20-8-5-6-14-30(20)15-7-13-25-22-21(31(32)33)16-26-23(28-22)27-19-11-9-18(24)10-12-19/h9-12,16,20H,3-8,13-15,17H2,1-2H3,(H2,25,26,27,28). The summed E-state index contributed by atoms with van der Waals surface area (Å²) in [6.07, 6.45) is 5.88. The predicted molar refractivity (Wildman–Crippen MR) is 134 cm³/mol. The monoisotopic (exact) mass is 475 g/mol. The lowest BCUT2D eigenvalue weighted by atomic mass is 10.0. The molecule has 0 saturated carbocycles. The van der Waals surface area contributed by atoms with Crippen LogP contribution in [0.2, 0.25) is 5.02 Å². The number of rotatable bonds is 12. The van der Waals surface area contributed by atoms with E-state index in [9.17, 15) is 10.1 Å². The number of aromatic nitrogens is 2. The van der Waals surface area contributed by atoms with Crippen molar-refractivity contribution >= 4 is 34.7 Å². The van der Waals surface area contributed by atoms with E-state index in [1.165, 1.54) is 25.5 Å². The third-order valence-corrected chi connectivity index (χ3v) is 6.35. The van der Waals surface area contributed by atoms with E-state index >= 15 is 0 Å². The van der Waals surface area contributed by atoms with Crippen molar-refractivity contribution in [2.45, 2.75) is 45.6 Å². The van der Waals surface area contributed by atoms with E-state index in [-0.39, 0.29) is 11.5 Å². The highest BCUT2D eigenvalue weighted by atomic mass is 35.5. The molecule has 10 heteroatoms. The number of hydrogen-bond donors (Lipinski definition) is 2. The molecule has 1 unspecified atom stereocenters. The Labute approximate surface area is 200 Å². The van der Waals surface area contributed by atoms with Crippen molar-refractivity contribution < 1.29 is 4.92 Å². The minimum absolute atomic E-state index is 0.131. The third kappa shape index (κ3) is 7.52. The van der Waals surface area contributed by atoms with Crippen LogP contribution in [-0.4, -0.2) is 70.0 Å². The van der Waals surface area contributed by atoms with E-state index in [1.54, 1.807) is 24.3 Å². The van der Waals surface area contributed by atoms with Gasteiger partial charge in [-0.2, -0.15) is 4.98 Å². The maximum Gasteiger partial charge on any atom is 0.329 e. The number of halogens is 1. The van der Waals surface area contributed by atoms with E-state index in [4.69, 9.17) is 11.6 Å². The summed E-state index contributed by atoms with van der Waals surface area (Å²) in [5, 5.41) is 18.3. The number of likely N-dealkylation sites (N-methyl/N-ethyl adjacent to an activating group) is 1. The second-order valence-electron chi connectivity index (χ2n) is 8.27. The van der Waals surface area contributed by atoms with Crippen molar-refractivity contribution in [3.63, 3.8) is 0 Å². The highest BCUT2D eigenvalue weighted by molar-refractivity contribution is 6.30. The average molecular weight is 476 g/mol. The van der Waals surface area contributed by atoms with E-state index in [1.807, 2.05) is 0 Å². The van der Waals surface area contributed by atoms with Crippen molar-refractivity contribution in [2.24, 2.45) is 0 Å². The first-order valence-corrected chi connectivity index (χ1v) is 12.1. The summed E-state index contributed by atoms with van der Waals surface area (Å²) >= 11 is 5.92. The lowest BCUT2D eigenvalue weighted by molar-refractivity contribution is -0.384. The van der Waals surface area contributed by atoms with Crippen molar-refractivity contribution in [1.29, 1.82) is 0 Å². The van der Waals surface area contributed by atoms with Gasteiger partial charge in [-0.05, 0) is 63.2 Å². The largest absolute Gasteiger partial charge is 0.364 e. The smallest absolute Gasteiger partial charge is 0.329 e. The topological polar surface area (TPSA) is 99.5 Å². The summed E-state index contributed by atoms with van der Waals surface area (Å²) in [5.41, 5.74) is 0.623. The van der Waals surface area contributed by atoms with Gasteiger partial charge in [0.25, 0.3) is 0 Å². The van der Waals surface area contributed by atoms with Crippen LogP contribution in [0.5, 0.6) is 0 Å². The molecule has 1 fully saturated rings. The van der Waals surface area contributed by atoms with Crippen LogP contribution in [0.25, 0.3) is 0 Å². The molecule has 0 amide bonds. The van der Waals surface area contributed by atoms with Gasteiger partial charge in [0.05, 0.1) is 4.92 Å². The Morgan fingerprint density at radius 2 is 2.00 bits per heavy atom. The minimum atomic E-state index is -0.459. The van der Waals surface area contributed by atoms with Crippen LogP contribution in [0, 0.1) is 10.1 Å². The number of nitro groups is 1. The Kier molecular flexibility index (Phi) is 9.65.